The van der Waals surface area contributed by atoms with Crippen molar-refractivity contribution in [2.75, 3.05) is 5.73 Å². The standard InChI is InChI=1S/C10H5ClN6/c11-5-2-1-3-7-8(5)9(13)14-10-6(4-12)15-16-17(7)10/h1-3H,(H2,13,14). The summed E-state index contributed by atoms with van der Waals surface area (Å²) in [5, 5.41) is 17.6. The van der Waals surface area contributed by atoms with Crippen LogP contribution < -0.4 is 5.73 Å². The molecule has 3 aromatic rings. The highest BCUT2D eigenvalue weighted by molar-refractivity contribution is 6.36. The van der Waals surface area contributed by atoms with Crippen LogP contribution >= 0.6 is 11.6 Å². The van der Waals surface area contributed by atoms with Gasteiger partial charge in [0, 0.05) is 0 Å². The highest BCUT2D eigenvalue weighted by atomic mass is 35.5. The molecule has 3 rings (SSSR count). The molecule has 0 atom stereocenters. The minimum absolute atomic E-state index is 0.138. The molecule has 0 aliphatic carbocycles. The van der Waals surface area contributed by atoms with E-state index in [9.17, 15) is 0 Å². The lowest BCUT2D eigenvalue weighted by atomic mass is 10.2. The van der Waals surface area contributed by atoms with Gasteiger partial charge in [0.25, 0.3) is 0 Å². The summed E-state index contributed by atoms with van der Waals surface area (Å²) in [4.78, 5) is 4.10. The van der Waals surface area contributed by atoms with Crippen LogP contribution in [-0.4, -0.2) is 19.8 Å². The molecule has 0 unspecified atom stereocenters. The Labute approximate surface area is 100 Å². The Morgan fingerprint density at radius 2 is 2.24 bits per heavy atom. The van der Waals surface area contributed by atoms with Crippen LogP contribution in [0.25, 0.3) is 16.6 Å². The molecule has 2 aromatic heterocycles. The van der Waals surface area contributed by atoms with Crippen molar-refractivity contribution in [1.29, 1.82) is 5.26 Å². The summed E-state index contributed by atoms with van der Waals surface area (Å²) in [7, 11) is 0. The van der Waals surface area contributed by atoms with Gasteiger partial charge in [0.15, 0.2) is 5.65 Å². The third kappa shape index (κ3) is 1.23. The number of halogens is 1. The first-order valence-corrected chi connectivity index (χ1v) is 5.09. The average Bonchev–Trinajstić information content (AvgIpc) is 2.72. The summed E-state index contributed by atoms with van der Waals surface area (Å²) in [6.45, 7) is 0. The van der Waals surface area contributed by atoms with Crippen molar-refractivity contribution >= 4 is 34.0 Å². The summed E-state index contributed by atoms with van der Waals surface area (Å²) >= 11 is 6.06. The zero-order chi connectivity index (χ0) is 12.0. The van der Waals surface area contributed by atoms with Crippen LogP contribution in [0.3, 0.4) is 0 Å². The maximum atomic E-state index is 8.87. The molecule has 6 nitrogen and oxygen atoms in total. The van der Waals surface area contributed by atoms with Crippen molar-refractivity contribution in [2.45, 2.75) is 0 Å². The van der Waals surface area contributed by atoms with E-state index in [0.717, 1.165) is 0 Å². The quantitative estimate of drug-likeness (QED) is 0.645. The van der Waals surface area contributed by atoms with Crippen LogP contribution in [0.2, 0.25) is 5.02 Å². The molecule has 17 heavy (non-hydrogen) atoms. The summed E-state index contributed by atoms with van der Waals surface area (Å²) < 4.78 is 1.45. The number of hydrogen-bond donors (Lipinski definition) is 1. The second-order valence-electron chi connectivity index (χ2n) is 3.42. The molecule has 0 saturated carbocycles. The molecule has 0 saturated heterocycles. The Balaban J connectivity index is 2.63. The van der Waals surface area contributed by atoms with Crippen molar-refractivity contribution < 1.29 is 0 Å². The molecule has 2 N–H and O–H groups in total. The Morgan fingerprint density at radius 3 is 3.00 bits per heavy atom. The van der Waals surface area contributed by atoms with Gasteiger partial charge in [-0.3, -0.25) is 0 Å². The molecule has 0 bridgehead atoms. The Bertz CT molecular complexity index is 785. The van der Waals surface area contributed by atoms with Gasteiger partial charge >= 0.3 is 0 Å². The van der Waals surface area contributed by atoms with Crippen molar-refractivity contribution in [3.8, 4) is 6.07 Å². The van der Waals surface area contributed by atoms with Crippen molar-refractivity contribution in [3.05, 3.63) is 28.9 Å². The molecule has 0 amide bonds. The van der Waals surface area contributed by atoms with Crippen LogP contribution in [0.1, 0.15) is 5.69 Å². The van der Waals surface area contributed by atoms with Gasteiger partial charge in [0.2, 0.25) is 5.69 Å². The minimum atomic E-state index is 0.138. The summed E-state index contributed by atoms with van der Waals surface area (Å²) in [6.07, 6.45) is 0. The summed E-state index contributed by atoms with van der Waals surface area (Å²) in [5.74, 6) is 0.261. The van der Waals surface area contributed by atoms with E-state index in [1.807, 2.05) is 6.07 Å². The van der Waals surface area contributed by atoms with Crippen molar-refractivity contribution in [2.24, 2.45) is 0 Å². The van der Waals surface area contributed by atoms with E-state index >= 15 is 0 Å². The summed E-state index contributed by atoms with van der Waals surface area (Å²) in [6, 6.07) is 7.20. The van der Waals surface area contributed by atoms with Gasteiger partial charge in [-0.25, -0.2) is 4.98 Å². The van der Waals surface area contributed by atoms with E-state index in [1.165, 1.54) is 4.52 Å². The van der Waals surface area contributed by atoms with Gasteiger partial charge in [-0.1, -0.05) is 22.9 Å². The van der Waals surface area contributed by atoms with Crippen LogP contribution in [0.4, 0.5) is 5.82 Å². The molecule has 82 valence electrons. The fourth-order valence-electron chi connectivity index (χ4n) is 1.72. The third-order valence-electron chi connectivity index (χ3n) is 2.45. The number of rotatable bonds is 0. The van der Waals surface area contributed by atoms with Crippen LogP contribution in [0.5, 0.6) is 0 Å². The molecule has 0 spiro atoms. The van der Waals surface area contributed by atoms with E-state index in [2.05, 4.69) is 15.3 Å². The van der Waals surface area contributed by atoms with E-state index < -0.39 is 0 Å². The SMILES string of the molecule is N#Cc1nnn2c1nc(N)c1c(Cl)cccc12. The largest absolute Gasteiger partial charge is 0.383 e. The molecular formula is C10H5ClN6. The number of hydrogen-bond acceptors (Lipinski definition) is 5. The van der Waals surface area contributed by atoms with E-state index in [4.69, 9.17) is 22.6 Å². The fraction of sp³-hybridized carbons (Fsp3) is 0. The van der Waals surface area contributed by atoms with Crippen LogP contribution in [0, 0.1) is 11.3 Å². The second-order valence-corrected chi connectivity index (χ2v) is 3.82. The lowest BCUT2D eigenvalue weighted by Gasteiger charge is -2.04. The molecule has 0 radical (unpaired) electrons. The number of benzene rings is 1. The Kier molecular flexibility index (Phi) is 1.90. The zero-order valence-corrected chi connectivity index (χ0v) is 9.18. The van der Waals surface area contributed by atoms with Gasteiger partial charge < -0.3 is 5.73 Å². The maximum Gasteiger partial charge on any atom is 0.209 e. The normalized spacial score (nSPS) is 10.8. The Hall–Kier alpha value is -2.39. The highest BCUT2D eigenvalue weighted by Crippen LogP contribution is 2.28. The molecule has 0 aliphatic heterocycles. The van der Waals surface area contributed by atoms with Crippen LogP contribution in [0.15, 0.2) is 18.2 Å². The number of nitrogen functional groups attached to an aromatic ring is 1. The van der Waals surface area contributed by atoms with Crippen molar-refractivity contribution in [1.82, 2.24) is 19.8 Å². The molecule has 0 fully saturated rings. The van der Waals surface area contributed by atoms with Gasteiger partial charge in [-0.15, -0.1) is 5.10 Å². The lowest BCUT2D eigenvalue weighted by molar-refractivity contribution is 0.873. The predicted octanol–water partition coefficient (Wildman–Crippen LogP) is 1.38. The Morgan fingerprint density at radius 1 is 1.41 bits per heavy atom. The maximum absolute atomic E-state index is 8.87. The van der Waals surface area contributed by atoms with E-state index in [1.54, 1.807) is 18.2 Å². The number of nitriles is 1. The summed E-state index contributed by atoms with van der Waals surface area (Å²) in [5.41, 5.74) is 6.98. The van der Waals surface area contributed by atoms with Crippen molar-refractivity contribution in [3.63, 3.8) is 0 Å². The minimum Gasteiger partial charge on any atom is -0.383 e. The molecule has 2 heterocycles. The molecule has 1 aromatic carbocycles. The first-order valence-electron chi connectivity index (χ1n) is 4.71. The van der Waals surface area contributed by atoms with E-state index in [0.29, 0.717) is 21.6 Å². The second kappa shape index (κ2) is 3.30. The molecular weight excluding hydrogens is 240 g/mol. The number of nitrogens with zero attached hydrogens (tertiary/aromatic N) is 5. The number of anilines is 1. The van der Waals surface area contributed by atoms with E-state index in [-0.39, 0.29) is 11.5 Å². The topological polar surface area (TPSA) is 92.9 Å². The smallest absolute Gasteiger partial charge is 0.209 e. The molecule has 7 heteroatoms. The number of fused-ring (bicyclic) bond motifs is 3. The fourth-order valence-corrected chi connectivity index (χ4v) is 1.99. The van der Waals surface area contributed by atoms with Gasteiger partial charge in [0.1, 0.15) is 11.9 Å². The van der Waals surface area contributed by atoms with Gasteiger partial charge in [-0.2, -0.15) is 9.78 Å². The number of nitrogens with two attached hydrogens (primary N) is 1. The van der Waals surface area contributed by atoms with Gasteiger partial charge in [-0.05, 0) is 12.1 Å². The zero-order valence-electron chi connectivity index (χ0n) is 8.42. The lowest BCUT2D eigenvalue weighted by Crippen LogP contribution is -2.00. The third-order valence-corrected chi connectivity index (χ3v) is 2.77. The van der Waals surface area contributed by atoms with Crippen LogP contribution in [-0.2, 0) is 0 Å². The monoisotopic (exact) mass is 244 g/mol. The average molecular weight is 245 g/mol. The first-order chi connectivity index (χ1) is 8.22. The predicted molar refractivity (Wildman–Crippen MR) is 62.4 cm³/mol. The first kappa shape index (κ1) is 9.81. The highest BCUT2D eigenvalue weighted by Gasteiger charge is 2.14. The van der Waals surface area contributed by atoms with Gasteiger partial charge in [0.05, 0.1) is 15.9 Å². The molecule has 0 aliphatic rings. The number of aromatic nitrogens is 4.